The Kier molecular flexibility index (Phi) is 7.88. The summed E-state index contributed by atoms with van der Waals surface area (Å²) in [6.07, 6.45) is 8.09. The number of aromatic hydroxyl groups is 2. The number of phenolic OH excluding ortho intramolecular Hbond substituents is 2. The Morgan fingerprint density at radius 3 is 1.73 bits per heavy atom. The summed E-state index contributed by atoms with van der Waals surface area (Å²) in [5.41, 5.74) is 5.81. The van der Waals surface area contributed by atoms with Gasteiger partial charge in [-0.2, -0.15) is 0 Å². The molecule has 2 bridgehead atoms. The monoisotopic (exact) mass is 502 g/mol. The zero-order chi connectivity index (χ0) is 27.1. The van der Waals surface area contributed by atoms with E-state index in [4.69, 9.17) is 9.98 Å². The summed E-state index contributed by atoms with van der Waals surface area (Å²) < 4.78 is 0. The highest BCUT2D eigenvalue weighted by Crippen LogP contribution is 2.52. The summed E-state index contributed by atoms with van der Waals surface area (Å²) in [5, 5.41) is 22.1. The standard InChI is InChI=1S/C33H46N2O2/c1-19(2)24-12-26(31(36)28(14-24)21(5)6)17-34-30-11-23-9-10-33(30,16-23)35-18-27-13-25(20(3)4)15-29(22(7)8)32(27)37/h12-15,17-23,30,36-37H,9-11,16H2,1-8H3. The summed E-state index contributed by atoms with van der Waals surface area (Å²) in [5.74, 6) is 2.59. The Balaban J connectivity index is 1.68. The highest BCUT2D eigenvalue weighted by atomic mass is 16.3. The highest BCUT2D eigenvalue weighted by Gasteiger charge is 2.52. The van der Waals surface area contributed by atoms with Crippen LogP contribution in [0.3, 0.4) is 0 Å². The molecule has 0 amide bonds. The van der Waals surface area contributed by atoms with E-state index in [0.29, 0.717) is 29.3 Å². The lowest BCUT2D eigenvalue weighted by molar-refractivity contribution is 0.367. The van der Waals surface area contributed by atoms with Gasteiger partial charge in [0.25, 0.3) is 0 Å². The first-order valence-electron chi connectivity index (χ1n) is 14.2. The molecular weight excluding hydrogens is 456 g/mol. The number of hydrogen-bond donors (Lipinski definition) is 2. The predicted octanol–water partition coefficient (Wildman–Crippen LogP) is 8.44. The second-order valence-electron chi connectivity index (χ2n) is 12.7. The van der Waals surface area contributed by atoms with Crippen molar-refractivity contribution >= 4 is 12.4 Å². The van der Waals surface area contributed by atoms with Gasteiger partial charge in [0.15, 0.2) is 0 Å². The number of nitrogens with zero attached hydrogens (tertiary/aromatic N) is 2. The summed E-state index contributed by atoms with van der Waals surface area (Å²) in [6, 6.07) is 8.54. The van der Waals surface area contributed by atoms with Crippen LogP contribution in [-0.2, 0) is 0 Å². The first-order chi connectivity index (χ1) is 17.4. The second-order valence-corrected chi connectivity index (χ2v) is 12.7. The molecule has 0 spiro atoms. The van der Waals surface area contributed by atoms with Crippen molar-refractivity contribution in [2.24, 2.45) is 15.9 Å². The Labute approximate surface area is 224 Å². The van der Waals surface area contributed by atoms with Crippen LogP contribution in [0.4, 0.5) is 0 Å². The van der Waals surface area contributed by atoms with Crippen molar-refractivity contribution in [2.45, 2.75) is 116 Å². The first kappa shape index (κ1) is 27.4. The summed E-state index contributed by atoms with van der Waals surface area (Å²) in [6.45, 7) is 17.2. The van der Waals surface area contributed by atoms with E-state index in [9.17, 15) is 10.2 Å². The highest BCUT2D eigenvalue weighted by molar-refractivity contribution is 5.86. The quantitative estimate of drug-likeness (QED) is 0.356. The largest absolute Gasteiger partial charge is 0.507 e. The molecule has 4 rings (SSSR count). The summed E-state index contributed by atoms with van der Waals surface area (Å²) in [7, 11) is 0. The van der Waals surface area contributed by atoms with E-state index in [-0.39, 0.29) is 23.4 Å². The van der Waals surface area contributed by atoms with Gasteiger partial charge in [0.1, 0.15) is 11.5 Å². The molecule has 2 saturated carbocycles. The molecule has 0 saturated heterocycles. The summed E-state index contributed by atoms with van der Waals surface area (Å²) in [4.78, 5) is 10.3. The average molecular weight is 503 g/mol. The van der Waals surface area contributed by atoms with Gasteiger partial charge in [0.2, 0.25) is 0 Å². The van der Waals surface area contributed by atoms with Crippen molar-refractivity contribution in [2.75, 3.05) is 0 Å². The number of phenols is 2. The molecule has 2 aromatic carbocycles. The predicted molar refractivity (Wildman–Crippen MR) is 156 cm³/mol. The van der Waals surface area contributed by atoms with E-state index in [2.05, 4.69) is 79.7 Å². The van der Waals surface area contributed by atoms with Crippen LogP contribution in [0.1, 0.15) is 138 Å². The lowest BCUT2D eigenvalue weighted by atomic mass is 9.88. The number of hydrogen-bond acceptors (Lipinski definition) is 4. The fourth-order valence-corrected chi connectivity index (χ4v) is 6.12. The van der Waals surface area contributed by atoms with Gasteiger partial charge in [-0.25, -0.2) is 0 Å². The molecule has 0 aromatic heterocycles. The van der Waals surface area contributed by atoms with Crippen molar-refractivity contribution in [1.29, 1.82) is 0 Å². The van der Waals surface area contributed by atoms with Gasteiger partial charge in [0.05, 0.1) is 11.6 Å². The van der Waals surface area contributed by atoms with Crippen LogP contribution < -0.4 is 0 Å². The van der Waals surface area contributed by atoms with Gasteiger partial charge in [-0.3, -0.25) is 9.98 Å². The Morgan fingerprint density at radius 2 is 1.27 bits per heavy atom. The molecule has 2 aliphatic carbocycles. The van der Waals surface area contributed by atoms with Crippen LogP contribution in [0.25, 0.3) is 0 Å². The minimum absolute atomic E-state index is 0.0899. The molecule has 2 aromatic rings. The van der Waals surface area contributed by atoms with Crippen molar-refractivity contribution in [3.63, 3.8) is 0 Å². The van der Waals surface area contributed by atoms with Gasteiger partial charge < -0.3 is 10.2 Å². The minimum atomic E-state index is -0.231. The van der Waals surface area contributed by atoms with Crippen molar-refractivity contribution in [1.82, 2.24) is 0 Å². The van der Waals surface area contributed by atoms with E-state index in [1.54, 1.807) is 0 Å². The molecule has 37 heavy (non-hydrogen) atoms. The smallest absolute Gasteiger partial charge is 0.127 e. The average Bonchev–Trinajstić information content (AvgIpc) is 3.40. The third-order valence-electron chi connectivity index (χ3n) is 8.62. The Morgan fingerprint density at radius 1 is 0.757 bits per heavy atom. The van der Waals surface area contributed by atoms with Gasteiger partial charge >= 0.3 is 0 Å². The fraction of sp³-hybridized carbons (Fsp3) is 0.576. The van der Waals surface area contributed by atoms with Crippen LogP contribution in [0, 0.1) is 5.92 Å². The molecule has 2 N–H and O–H groups in total. The number of benzene rings is 2. The van der Waals surface area contributed by atoms with Crippen LogP contribution in [-0.4, -0.2) is 34.2 Å². The Hall–Kier alpha value is -2.62. The molecule has 200 valence electrons. The fourth-order valence-electron chi connectivity index (χ4n) is 6.12. The van der Waals surface area contributed by atoms with E-state index in [1.807, 2.05) is 12.4 Å². The Bertz CT molecular complexity index is 1190. The van der Waals surface area contributed by atoms with Gasteiger partial charge in [-0.1, -0.05) is 67.5 Å². The van der Waals surface area contributed by atoms with Crippen LogP contribution in [0.15, 0.2) is 34.3 Å². The molecule has 4 nitrogen and oxygen atoms in total. The zero-order valence-corrected chi connectivity index (χ0v) is 24.0. The summed E-state index contributed by atoms with van der Waals surface area (Å²) >= 11 is 0. The number of fused-ring (bicyclic) bond motifs is 2. The van der Waals surface area contributed by atoms with Crippen molar-refractivity contribution in [3.8, 4) is 11.5 Å². The number of rotatable bonds is 8. The molecule has 2 aliphatic rings. The minimum Gasteiger partial charge on any atom is -0.507 e. The molecule has 0 aliphatic heterocycles. The normalized spacial score (nSPS) is 23.8. The molecule has 3 unspecified atom stereocenters. The molecule has 4 heteroatoms. The molecule has 2 fully saturated rings. The maximum absolute atomic E-state index is 11.0. The van der Waals surface area contributed by atoms with Crippen molar-refractivity contribution < 1.29 is 10.2 Å². The molecule has 0 radical (unpaired) electrons. The first-order valence-corrected chi connectivity index (χ1v) is 14.2. The topological polar surface area (TPSA) is 65.2 Å². The third kappa shape index (κ3) is 5.49. The lowest BCUT2D eigenvalue weighted by Crippen LogP contribution is -2.34. The van der Waals surface area contributed by atoms with E-state index >= 15 is 0 Å². The van der Waals surface area contributed by atoms with E-state index in [1.165, 1.54) is 17.5 Å². The molecular formula is C33H46N2O2. The van der Waals surface area contributed by atoms with Gasteiger partial charge in [0, 0.05) is 23.6 Å². The van der Waals surface area contributed by atoms with Crippen LogP contribution in [0.5, 0.6) is 11.5 Å². The van der Waals surface area contributed by atoms with E-state index < -0.39 is 0 Å². The van der Waals surface area contributed by atoms with Gasteiger partial charge in [-0.15, -0.1) is 0 Å². The van der Waals surface area contributed by atoms with Crippen LogP contribution >= 0.6 is 0 Å². The third-order valence-corrected chi connectivity index (χ3v) is 8.62. The zero-order valence-electron chi connectivity index (χ0n) is 24.0. The van der Waals surface area contributed by atoms with E-state index in [0.717, 1.165) is 41.5 Å². The second kappa shape index (κ2) is 10.6. The van der Waals surface area contributed by atoms with Gasteiger partial charge in [-0.05, 0) is 89.7 Å². The maximum atomic E-state index is 11.0. The molecule has 3 atom stereocenters. The van der Waals surface area contributed by atoms with Crippen LogP contribution in [0.2, 0.25) is 0 Å². The lowest BCUT2D eigenvalue weighted by Gasteiger charge is -2.29. The maximum Gasteiger partial charge on any atom is 0.127 e. The molecule has 0 heterocycles. The SMILES string of the molecule is CC(C)c1cc(C=NC2CC3CCC2(N=Cc2cc(C(C)C)cc(C(C)C)c2O)C3)c(O)c(C(C)C)c1. The van der Waals surface area contributed by atoms with Crippen molar-refractivity contribution in [3.05, 3.63) is 57.6 Å². The number of aliphatic imine (C=N–C) groups is 2.